The van der Waals surface area contributed by atoms with E-state index < -0.39 is 0 Å². The highest BCUT2D eigenvalue weighted by Gasteiger charge is 2.13. The first kappa shape index (κ1) is 13.7. The summed E-state index contributed by atoms with van der Waals surface area (Å²) in [5.41, 5.74) is 2.71. The molecule has 0 unspecified atom stereocenters. The van der Waals surface area contributed by atoms with E-state index in [-0.39, 0.29) is 11.5 Å². The van der Waals surface area contributed by atoms with Crippen molar-refractivity contribution in [1.29, 1.82) is 0 Å². The molecule has 0 radical (unpaired) electrons. The van der Waals surface area contributed by atoms with Crippen molar-refractivity contribution in [2.75, 3.05) is 0 Å². The van der Waals surface area contributed by atoms with Crippen LogP contribution in [0.5, 0.6) is 5.75 Å². The fraction of sp³-hybridized carbons (Fsp3) is 0.333. The molecule has 0 amide bonds. The molecule has 0 fully saturated rings. The van der Waals surface area contributed by atoms with Crippen LogP contribution in [-0.2, 0) is 5.41 Å². The Bertz CT molecular complexity index is 506. The summed E-state index contributed by atoms with van der Waals surface area (Å²) in [6, 6.07) is 18.7. The van der Waals surface area contributed by atoms with Gasteiger partial charge in [-0.3, -0.25) is 0 Å². The lowest BCUT2D eigenvalue weighted by atomic mass is 9.87. The second kappa shape index (κ2) is 5.48. The molecule has 1 nitrogen and oxygen atoms in total. The molecular weight excluding hydrogens is 232 g/mol. The monoisotopic (exact) mass is 254 g/mol. The maximum Gasteiger partial charge on any atom is 0.121 e. The Balaban J connectivity index is 2.08. The fourth-order valence-corrected chi connectivity index (χ4v) is 2.03. The fourth-order valence-electron chi connectivity index (χ4n) is 2.03. The first-order chi connectivity index (χ1) is 8.97. The Morgan fingerprint density at radius 3 is 1.95 bits per heavy atom. The van der Waals surface area contributed by atoms with Crippen LogP contribution in [-0.4, -0.2) is 0 Å². The van der Waals surface area contributed by atoms with Crippen LogP contribution >= 0.6 is 0 Å². The predicted molar refractivity (Wildman–Crippen MR) is 80.6 cm³/mol. The van der Waals surface area contributed by atoms with Crippen molar-refractivity contribution >= 4 is 0 Å². The zero-order valence-electron chi connectivity index (χ0n) is 12.2. The molecule has 0 aliphatic carbocycles. The number of hydrogen-bond acceptors (Lipinski definition) is 1. The lowest BCUT2D eigenvalue weighted by Gasteiger charge is -2.20. The Labute approximate surface area is 116 Å². The van der Waals surface area contributed by atoms with E-state index >= 15 is 0 Å². The lowest BCUT2D eigenvalue weighted by Crippen LogP contribution is -2.10. The molecule has 0 aliphatic heterocycles. The van der Waals surface area contributed by atoms with Crippen molar-refractivity contribution < 1.29 is 4.74 Å². The minimum Gasteiger partial charge on any atom is -0.486 e. The molecule has 2 aromatic carbocycles. The molecule has 1 atom stereocenters. The van der Waals surface area contributed by atoms with Crippen LogP contribution in [0.3, 0.4) is 0 Å². The number of hydrogen-bond donors (Lipinski definition) is 0. The van der Waals surface area contributed by atoms with Gasteiger partial charge in [-0.1, -0.05) is 63.2 Å². The van der Waals surface area contributed by atoms with E-state index in [4.69, 9.17) is 4.74 Å². The second-order valence-electron chi connectivity index (χ2n) is 5.95. The standard InChI is InChI=1S/C18H22O/c1-14(15-8-6-5-7-9-15)19-17-12-10-16(11-13-17)18(2,3)4/h5-14H,1-4H3/t14-/m0/s1. The van der Waals surface area contributed by atoms with Gasteiger partial charge in [0.15, 0.2) is 0 Å². The molecule has 2 rings (SSSR count). The highest BCUT2D eigenvalue weighted by atomic mass is 16.5. The molecule has 19 heavy (non-hydrogen) atoms. The van der Waals surface area contributed by atoms with Crippen molar-refractivity contribution in [3.05, 3.63) is 65.7 Å². The SMILES string of the molecule is C[C@H](Oc1ccc(C(C)(C)C)cc1)c1ccccc1. The predicted octanol–water partition coefficient (Wildman–Crippen LogP) is 5.12. The maximum atomic E-state index is 5.97. The summed E-state index contributed by atoms with van der Waals surface area (Å²) in [6.45, 7) is 8.73. The average molecular weight is 254 g/mol. The van der Waals surface area contributed by atoms with E-state index in [9.17, 15) is 0 Å². The number of rotatable bonds is 3. The van der Waals surface area contributed by atoms with E-state index in [1.165, 1.54) is 11.1 Å². The van der Waals surface area contributed by atoms with Gasteiger partial charge < -0.3 is 4.74 Å². The van der Waals surface area contributed by atoms with Crippen molar-refractivity contribution in [2.45, 2.75) is 39.2 Å². The lowest BCUT2D eigenvalue weighted by molar-refractivity contribution is 0.227. The summed E-state index contributed by atoms with van der Waals surface area (Å²) < 4.78 is 5.97. The van der Waals surface area contributed by atoms with Crippen LogP contribution in [0.1, 0.15) is 44.9 Å². The summed E-state index contributed by atoms with van der Waals surface area (Å²) in [5, 5.41) is 0. The summed E-state index contributed by atoms with van der Waals surface area (Å²) in [6.07, 6.45) is 0.0710. The van der Waals surface area contributed by atoms with Crippen LogP contribution < -0.4 is 4.74 Å². The van der Waals surface area contributed by atoms with E-state index in [1.807, 2.05) is 18.2 Å². The van der Waals surface area contributed by atoms with Crippen LogP contribution in [0, 0.1) is 0 Å². The van der Waals surface area contributed by atoms with Crippen molar-refractivity contribution in [3.8, 4) is 5.75 Å². The quantitative estimate of drug-likeness (QED) is 0.738. The maximum absolute atomic E-state index is 5.97. The third-order valence-corrected chi connectivity index (χ3v) is 3.30. The van der Waals surface area contributed by atoms with Crippen molar-refractivity contribution in [2.24, 2.45) is 0 Å². The van der Waals surface area contributed by atoms with Gasteiger partial charge in [-0.05, 0) is 35.6 Å². The van der Waals surface area contributed by atoms with Gasteiger partial charge in [-0.25, -0.2) is 0 Å². The van der Waals surface area contributed by atoms with Gasteiger partial charge in [0.05, 0.1) is 0 Å². The van der Waals surface area contributed by atoms with Gasteiger partial charge in [0.2, 0.25) is 0 Å². The van der Waals surface area contributed by atoms with Crippen LogP contribution in [0.2, 0.25) is 0 Å². The van der Waals surface area contributed by atoms with E-state index in [0.717, 1.165) is 5.75 Å². The summed E-state index contributed by atoms with van der Waals surface area (Å²) in [4.78, 5) is 0. The van der Waals surface area contributed by atoms with E-state index in [1.54, 1.807) is 0 Å². The molecule has 0 spiro atoms. The number of benzene rings is 2. The van der Waals surface area contributed by atoms with Gasteiger partial charge in [-0.15, -0.1) is 0 Å². The molecule has 2 aromatic rings. The highest BCUT2D eigenvalue weighted by Crippen LogP contribution is 2.26. The highest BCUT2D eigenvalue weighted by molar-refractivity contribution is 5.31. The number of ether oxygens (including phenoxy) is 1. The minimum atomic E-state index is 0.0710. The molecule has 0 heterocycles. The van der Waals surface area contributed by atoms with Crippen molar-refractivity contribution in [1.82, 2.24) is 0 Å². The Morgan fingerprint density at radius 2 is 1.42 bits per heavy atom. The Hall–Kier alpha value is -1.76. The molecule has 0 bridgehead atoms. The minimum absolute atomic E-state index is 0.0710. The molecule has 0 aliphatic rings. The molecular formula is C18H22O. The summed E-state index contributed by atoms with van der Waals surface area (Å²) >= 11 is 0. The van der Waals surface area contributed by atoms with Gasteiger partial charge in [0, 0.05) is 0 Å². The van der Waals surface area contributed by atoms with Crippen molar-refractivity contribution in [3.63, 3.8) is 0 Å². The topological polar surface area (TPSA) is 9.23 Å². The Morgan fingerprint density at radius 1 is 0.842 bits per heavy atom. The molecule has 100 valence electrons. The van der Waals surface area contributed by atoms with E-state index in [0.29, 0.717) is 0 Å². The first-order valence-corrected chi connectivity index (χ1v) is 6.79. The molecule has 0 saturated heterocycles. The summed E-state index contributed by atoms with van der Waals surface area (Å²) in [5.74, 6) is 0.921. The van der Waals surface area contributed by atoms with Crippen LogP contribution in [0.15, 0.2) is 54.6 Å². The third kappa shape index (κ3) is 3.60. The molecule has 0 saturated carbocycles. The molecule has 0 aromatic heterocycles. The van der Waals surface area contributed by atoms with E-state index in [2.05, 4.69) is 64.1 Å². The first-order valence-electron chi connectivity index (χ1n) is 6.79. The summed E-state index contributed by atoms with van der Waals surface area (Å²) in [7, 11) is 0. The molecule has 0 N–H and O–H groups in total. The van der Waals surface area contributed by atoms with Crippen LogP contribution in [0.25, 0.3) is 0 Å². The van der Waals surface area contributed by atoms with Gasteiger partial charge in [0.1, 0.15) is 11.9 Å². The average Bonchev–Trinajstić information content (AvgIpc) is 2.39. The van der Waals surface area contributed by atoms with Crippen LogP contribution in [0.4, 0.5) is 0 Å². The smallest absolute Gasteiger partial charge is 0.121 e. The van der Waals surface area contributed by atoms with Gasteiger partial charge in [-0.2, -0.15) is 0 Å². The normalized spacial score (nSPS) is 13.1. The Kier molecular flexibility index (Phi) is 3.94. The molecule has 1 heteroatoms. The zero-order valence-corrected chi connectivity index (χ0v) is 12.2. The zero-order chi connectivity index (χ0) is 13.9. The van der Waals surface area contributed by atoms with Gasteiger partial charge >= 0.3 is 0 Å². The second-order valence-corrected chi connectivity index (χ2v) is 5.95. The third-order valence-electron chi connectivity index (χ3n) is 3.30. The van der Waals surface area contributed by atoms with Gasteiger partial charge in [0.25, 0.3) is 0 Å². The largest absolute Gasteiger partial charge is 0.486 e.